The summed E-state index contributed by atoms with van der Waals surface area (Å²) in [5.41, 5.74) is -0.292. The van der Waals surface area contributed by atoms with Crippen molar-refractivity contribution in [1.82, 2.24) is 4.90 Å². The third-order valence-electron chi connectivity index (χ3n) is 9.10. The predicted molar refractivity (Wildman–Crippen MR) is 95.7 cm³/mol. The first-order chi connectivity index (χ1) is 12.0. The summed E-state index contributed by atoms with van der Waals surface area (Å²) in [4.78, 5) is 15.8. The van der Waals surface area contributed by atoms with Crippen LogP contribution in [0.4, 0.5) is 0 Å². The Morgan fingerprint density at radius 1 is 0.840 bits per heavy atom. The van der Waals surface area contributed by atoms with Crippen molar-refractivity contribution >= 4 is 5.91 Å². The zero-order chi connectivity index (χ0) is 16.8. The molecule has 3 nitrogen and oxygen atoms in total. The summed E-state index contributed by atoms with van der Waals surface area (Å²) in [6.45, 7) is 1.05. The van der Waals surface area contributed by atoms with E-state index in [4.69, 9.17) is 0 Å². The van der Waals surface area contributed by atoms with E-state index >= 15 is 0 Å². The second-order valence-corrected chi connectivity index (χ2v) is 11.3. The van der Waals surface area contributed by atoms with Crippen LogP contribution in [0.25, 0.3) is 0 Å². The molecule has 2 aliphatic heterocycles. The van der Waals surface area contributed by atoms with Crippen LogP contribution in [0.2, 0.25) is 0 Å². The molecule has 0 radical (unpaired) electrons. The molecule has 0 spiro atoms. The van der Waals surface area contributed by atoms with E-state index in [0.717, 1.165) is 50.0 Å². The van der Waals surface area contributed by atoms with Crippen LogP contribution in [-0.2, 0) is 4.79 Å². The number of carbonyl (C=O) groups excluding carboxylic acids is 1. The molecule has 2 saturated heterocycles. The maximum absolute atomic E-state index is 13.4. The van der Waals surface area contributed by atoms with E-state index in [0.29, 0.717) is 23.8 Å². The van der Waals surface area contributed by atoms with Gasteiger partial charge in [-0.15, -0.1) is 0 Å². The number of hydrogen-bond donors (Lipinski definition) is 1. The van der Waals surface area contributed by atoms with Gasteiger partial charge in [-0.05, 0) is 106 Å². The normalized spacial score (nSPS) is 55.6. The molecule has 6 aliphatic carbocycles. The van der Waals surface area contributed by atoms with E-state index < -0.39 is 5.60 Å². The number of rotatable bonds is 2. The van der Waals surface area contributed by atoms with Crippen LogP contribution in [0, 0.1) is 35.0 Å². The van der Waals surface area contributed by atoms with Gasteiger partial charge >= 0.3 is 0 Å². The summed E-state index contributed by atoms with van der Waals surface area (Å²) in [5.74, 6) is 4.41. The minimum absolute atomic E-state index is 0.138. The summed E-state index contributed by atoms with van der Waals surface area (Å²) in [5, 5.41) is 11.0. The molecular weight excluding hydrogens is 310 g/mol. The molecule has 8 aliphatic rings. The molecular formula is C22H33NO2. The van der Waals surface area contributed by atoms with Crippen LogP contribution in [0.1, 0.15) is 77.0 Å². The van der Waals surface area contributed by atoms with Crippen LogP contribution in [0.3, 0.4) is 0 Å². The first kappa shape index (κ1) is 15.5. The third-order valence-corrected chi connectivity index (χ3v) is 9.10. The second-order valence-electron chi connectivity index (χ2n) is 11.3. The number of amides is 1. The molecule has 1 amide bonds. The molecule has 8 fully saturated rings. The summed E-state index contributed by atoms with van der Waals surface area (Å²) in [6, 6.07) is 0.542. The van der Waals surface area contributed by atoms with Gasteiger partial charge in [0, 0.05) is 19.0 Å². The van der Waals surface area contributed by atoms with E-state index in [-0.39, 0.29) is 5.41 Å². The highest BCUT2D eigenvalue weighted by Crippen LogP contribution is 2.63. The Kier molecular flexibility index (Phi) is 3.11. The van der Waals surface area contributed by atoms with Gasteiger partial charge in [0.05, 0.1) is 5.60 Å². The summed E-state index contributed by atoms with van der Waals surface area (Å²) in [6.07, 6.45) is 14.2. The largest absolute Gasteiger partial charge is 0.390 e. The average Bonchev–Trinajstić information content (AvgIpc) is 2.68. The molecule has 0 aromatic rings. The minimum Gasteiger partial charge on any atom is -0.390 e. The van der Waals surface area contributed by atoms with Crippen molar-refractivity contribution in [2.24, 2.45) is 35.0 Å². The van der Waals surface area contributed by atoms with Crippen molar-refractivity contribution in [3.05, 3.63) is 0 Å². The monoisotopic (exact) mass is 343 g/mol. The van der Waals surface area contributed by atoms with Crippen LogP contribution in [-0.4, -0.2) is 34.1 Å². The van der Waals surface area contributed by atoms with Gasteiger partial charge in [-0.2, -0.15) is 0 Å². The van der Waals surface area contributed by atoms with Gasteiger partial charge < -0.3 is 10.0 Å². The molecule has 8 rings (SSSR count). The second kappa shape index (κ2) is 5.03. The Hall–Kier alpha value is -0.570. The lowest BCUT2D eigenvalue weighted by Gasteiger charge is -2.60. The summed E-state index contributed by atoms with van der Waals surface area (Å²) < 4.78 is 0. The quantitative estimate of drug-likeness (QED) is 0.830. The van der Waals surface area contributed by atoms with E-state index in [9.17, 15) is 9.90 Å². The van der Waals surface area contributed by atoms with E-state index in [2.05, 4.69) is 4.90 Å². The Morgan fingerprint density at radius 3 is 2.08 bits per heavy atom. The molecule has 1 N–H and O–H groups in total. The number of carbonyl (C=O) groups is 1. The fourth-order valence-electron chi connectivity index (χ4n) is 9.12. The number of aliphatic hydroxyl groups is 1. The minimum atomic E-state index is -0.430. The Bertz CT molecular complexity index is 573. The van der Waals surface area contributed by atoms with Crippen LogP contribution < -0.4 is 0 Å². The van der Waals surface area contributed by atoms with Crippen molar-refractivity contribution in [3.8, 4) is 0 Å². The SMILES string of the molecule is O=C(CC12C[C@H]3C[C@@H](CC(O)(C3)C1)C2)N1CC2C[C@@H]3CC1C[C@H](C2)C3. The number of nitrogens with zero attached hydrogens (tertiary/aromatic N) is 1. The summed E-state index contributed by atoms with van der Waals surface area (Å²) >= 11 is 0. The zero-order valence-electron chi connectivity index (χ0n) is 15.5. The molecule has 2 heterocycles. The van der Waals surface area contributed by atoms with Crippen molar-refractivity contribution < 1.29 is 9.90 Å². The molecule has 0 aromatic heterocycles. The summed E-state index contributed by atoms with van der Waals surface area (Å²) in [7, 11) is 0. The maximum Gasteiger partial charge on any atom is 0.223 e. The van der Waals surface area contributed by atoms with Gasteiger partial charge in [-0.25, -0.2) is 0 Å². The highest BCUT2D eigenvalue weighted by atomic mass is 16.3. The lowest BCUT2D eigenvalue weighted by Crippen LogP contribution is -2.57. The van der Waals surface area contributed by atoms with Gasteiger partial charge in [0.2, 0.25) is 5.91 Å². The molecule has 6 atom stereocenters. The van der Waals surface area contributed by atoms with Gasteiger partial charge in [0.15, 0.2) is 0 Å². The van der Waals surface area contributed by atoms with Crippen LogP contribution >= 0.6 is 0 Å². The Morgan fingerprint density at radius 2 is 1.44 bits per heavy atom. The fraction of sp³-hybridized carbons (Fsp3) is 0.955. The van der Waals surface area contributed by atoms with E-state index in [1.54, 1.807) is 0 Å². The maximum atomic E-state index is 13.4. The highest BCUT2D eigenvalue weighted by molar-refractivity contribution is 5.77. The topological polar surface area (TPSA) is 40.5 Å². The molecule has 25 heavy (non-hydrogen) atoms. The van der Waals surface area contributed by atoms with E-state index in [1.807, 2.05) is 0 Å². The van der Waals surface area contributed by atoms with Crippen LogP contribution in [0.5, 0.6) is 0 Å². The highest BCUT2D eigenvalue weighted by Gasteiger charge is 2.58. The van der Waals surface area contributed by atoms with Gasteiger partial charge in [-0.1, -0.05) is 0 Å². The van der Waals surface area contributed by atoms with Gasteiger partial charge in [0.25, 0.3) is 0 Å². The van der Waals surface area contributed by atoms with E-state index in [1.165, 1.54) is 51.4 Å². The molecule has 2 unspecified atom stereocenters. The number of fused-ring (bicyclic) bond motifs is 1. The van der Waals surface area contributed by atoms with Crippen LogP contribution in [0.15, 0.2) is 0 Å². The Labute approximate surface area is 151 Å². The van der Waals surface area contributed by atoms with Gasteiger partial charge in [-0.3, -0.25) is 4.79 Å². The van der Waals surface area contributed by atoms with Gasteiger partial charge in [0.1, 0.15) is 0 Å². The smallest absolute Gasteiger partial charge is 0.223 e. The lowest BCUT2D eigenvalue weighted by molar-refractivity contribution is -0.173. The first-order valence-electron chi connectivity index (χ1n) is 11.0. The molecule has 0 aromatic carbocycles. The third kappa shape index (κ3) is 2.44. The van der Waals surface area contributed by atoms with Crippen molar-refractivity contribution in [1.29, 1.82) is 0 Å². The Balaban J connectivity index is 1.23. The zero-order valence-corrected chi connectivity index (χ0v) is 15.5. The lowest BCUT2D eigenvalue weighted by atomic mass is 9.47. The van der Waals surface area contributed by atoms with Crippen molar-refractivity contribution in [2.45, 2.75) is 88.7 Å². The first-order valence-corrected chi connectivity index (χ1v) is 11.0. The average molecular weight is 344 g/mol. The number of hydrogen-bond acceptors (Lipinski definition) is 2. The molecule has 6 saturated carbocycles. The van der Waals surface area contributed by atoms with Crippen molar-refractivity contribution in [3.63, 3.8) is 0 Å². The predicted octanol–water partition coefficient (Wildman–Crippen LogP) is 3.74. The molecule has 3 heteroatoms. The molecule has 138 valence electrons. The fourth-order valence-corrected chi connectivity index (χ4v) is 9.12. The molecule has 8 bridgehead atoms. The van der Waals surface area contributed by atoms with Crippen molar-refractivity contribution in [2.75, 3.05) is 6.54 Å². The standard InChI is InChI=1S/C22H33NO2/c24-20(23-12-16-2-14-1-15(3-16)6-19(23)5-14)11-21-7-17-4-18(8-21)10-22(25,9-17)13-21/h14-19,25H,1-13H2/t14-,15+,16?,17-,18-,19?,21?,22?/m1/s1.